The van der Waals surface area contributed by atoms with Crippen molar-refractivity contribution >= 4 is 0 Å². The predicted octanol–water partition coefficient (Wildman–Crippen LogP) is 4.23. The van der Waals surface area contributed by atoms with Gasteiger partial charge in [-0.2, -0.15) is 0 Å². The molecule has 5 atom stereocenters. The van der Waals surface area contributed by atoms with Gasteiger partial charge in [0.1, 0.15) is 0 Å². The fourth-order valence-corrected chi connectivity index (χ4v) is 5.78. The monoisotopic (exact) mass is 304 g/mol. The van der Waals surface area contributed by atoms with Crippen molar-refractivity contribution < 1.29 is 10.2 Å². The van der Waals surface area contributed by atoms with Gasteiger partial charge >= 0.3 is 0 Å². The number of hydrogen-bond donors (Lipinski definition) is 2. The molecule has 1 saturated carbocycles. The maximum atomic E-state index is 10.8. The summed E-state index contributed by atoms with van der Waals surface area (Å²) in [6, 6.07) is 0. The van der Waals surface area contributed by atoms with Crippen LogP contribution >= 0.6 is 0 Å². The second kappa shape index (κ2) is 5.21. The quantitative estimate of drug-likeness (QED) is 0.750. The van der Waals surface area contributed by atoms with Crippen LogP contribution in [-0.4, -0.2) is 22.9 Å². The van der Waals surface area contributed by atoms with Crippen LogP contribution in [0.2, 0.25) is 0 Å². The topological polar surface area (TPSA) is 40.5 Å². The summed E-state index contributed by atoms with van der Waals surface area (Å²) >= 11 is 0. The van der Waals surface area contributed by atoms with Crippen LogP contribution in [-0.2, 0) is 0 Å². The van der Waals surface area contributed by atoms with E-state index in [1.165, 1.54) is 24.0 Å². The highest BCUT2D eigenvalue weighted by Gasteiger charge is 2.55. The molecule has 1 fully saturated rings. The van der Waals surface area contributed by atoms with Gasteiger partial charge in [-0.3, -0.25) is 0 Å². The SMILES string of the molecule is C=C[C@@]1(C)CCC2=C(C1)[C@@H](O)C[C@H]1[C@](C)(CO)CCC[C@]21C. The summed E-state index contributed by atoms with van der Waals surface area (Å²) in [5, 5.41) is 20.8. The maximum absolute atomic E-state index is 10.8. The van der Waals surface area contributed by atoms with Crippen molar-refractivity contribution in [2.24, 2.45) is 22.2 Å². The fourth-order valence-electron chi connectivity index (χ4n) is 5.78. The zero-order chi connectivity index (χ0) is 16.2. The van der Waals surface area contributed by atoms with Gasteiger partial charge in [-0.15, -0.1) is 6.58 Å². The Bertz CT molecular complexity index is 508. The first-order valence-electron chi connectivity index (χ1n) is 8.93. The molecular formula is C20H32O2. The molecule has 22 heavy (non-hydrogen) atoms. The van der Waals surface area contributed by atoms with E-state index in [1.54, 1.807) is 0 Å². The Kier molecular flexibility index (Phi) is 3.85. The first-order valence-corrected chi connectivity index (χ1v) is 8.93. The van der Waals surface area contributed by atoms with Crippen LogP contribution in [0.3, 0.4) is 0 Å². The summed E-state index contributed by atoms with van der Waals surface area (Å²) in [6.45, 7) is 11.2. The largest absolute Gasteiger partial charge is 0.396 e. The maximum Gasteiger partial charge on any atom is 0.0756 e. The normalized spacial score (nSPS) is 48.6. The van der Waals surface area contributed by atoms with Crippen molar-refractivity contribution in [3.63, 3.8) is 0 Å². The van der Waals surface area contributed by atoms with Crippen LogP contribution in [0.1, 0.15) is 65.7 Å². The van der Waals surface area contributed by atoms with E-state index in [2.05, 4.69) is 33.4 Å². The number of rotatable bonds is 2. The van der Waals surface area contributed by atoms with E-state index in [1.807, 2.05) is 0 Å². The minimum atomic E-state index is -0.323. The summed E-state index contributed by atoms with van der Waals surface area (Å²) in [5.74, 6) is 0.403. The van der Waals surface area contributed by atoms with Crippen LogP contribution in [0.5, 0.6) is 0 Å². The third-order valence-corrected chi connectivity index (χ3v) is 7.39. The molecule has 0 radical (unpaired) electrons. The van der Waals surface area contributed by atoms with Gasteiger partial charge in [0.15, 0.2) is 0 Å². The van der Waals surface area contributed by atoms with E-state index in [0.29, 0.717) is 5.92 Å². The second-order valence-electron chi connectivity index (χ2n) is 8.93. The standard InChI is InChI=1S/C20H32O2/c1-5-18(2)10-7-15-14(12-18)16(22)11-17-19(3,13-21)8-6-9-20(15,17)4/h5,16-17,21-22H,1,6-13H2,2-4H3/t16-,17-,18-,19-,20+/m0/s1. The van der Waals surface area contributed by atoms with Crippen LogP contribution in [0.15, 0.2) is 23.8 Å². The van der Waals surface area contributed by atoms with E-state index in [0.717, 1.165) is 32.1 Å². The highest BCUT2D eigenvalue weighted by atomic mass is 16.3. The molecule has 2 nitrogen and oxygen atoms in total. The molecule has 2 N–H and O–H groups in total. The lowest BCUT2D eigenvalue weighted by Crippen LogP contribution is -2.52. The molecule has 0 spiro atoms. The van der Waals surface area contributed by atoms with Gasteiger partial charge in [-0.25, -0.2) is 0 Å². The third-order valence-electron chi connectivity index (χ3n) is 7.39. The summed E-state index contributed by atoms with van der Waals surface area (Å²) in [5.41, 5.74) is 3.10. The highest BCUT2D eigenvalue weighted by molar-refractivity contribution is 5.35. The average molecular weight is 304 g/mol. The number of allylic oxidation sites excluding steroid dienone is 2. The van der Waals surface area contributed by atoms with E-state index in [9.17, 15) is 10.2 Å². The van der Waals surface area contributed by atoms with Crippen molar-refractivity contribution in [2.45, 2.75) is 71.8 Å². The Balaban J connectivity index is 2.04. The molecule has 3 aliphatic carbocycles. The van der Waals surface area contributed by atoms with E-state index in [4.69, 9.17) is 0 Å². The minimum Gasteiger partial charge on any atom is -0.396 e. The molecule has 3 aliphatic rings. The lowest BCUT2D eigenvalue weighted by atomic mass is 9.47. The summed E-state index contributed by atoms with van der Waals surface area (Å²) in [4.78, 5) is 0. The molecule has 0 aliphatic heterocycles. The molecule has 2 heteroatoms. The molecule has 0 heterocycles. The summed E-state index contributed by atoms with van der Waals surface area (Å²) in [6.07, 6.45) is 9.25. The Morgan fingerprint density at radius 3 is 2.59 bits per heavy atom. The molecule has 0 aromatic rings. The molecule has 124 valence electrons. The molecule has 0 amide bonds. The highest BCUT2D eigenvalue weighted by Crippen LogP contribution is 2.62. The minimum absolute atomic E-state index is 0.0360. The lowest BCUT2D eigenvalue weighted by molar-refractivity contribution is -0.0629. The predicted molar refractivity (Wildman–Crippen MR) is 90.4 cm³/mol. The van der Waals surface area contributed by atoms with Crippen molar-refractivity contribution in [1.29, 1.82) is 0 Å². The molecule has 0 bridgehead atoms. The Morgan fingerprint density at radius 1 is 1.23 bits per heavy atom. The smallest absolute Gasteiger partial charge is 0.0756 e. The zero-order valence-electron chi connectivity index (χ0n) is 14.5. The van der Waals surface area contributed by atoms with Gasteiger partial charge in [0.05, 0.1) is 6.10 Å². The van der Waals surface area contributed by atoms with Crippen molar-refractivity contribution in [3.8, 4) is 0 Å². The van der Waals surface area contributed by atoms with Gasteiger partial charge in [-0.1, -0.05) is 38.8 Å². The number of fused-ring (bicyclic) bond motifs is 2. The molecule has 3 rings (SSSR count). The van der Waals surface area contributed by atoms with Gasteiger partial charge in [0.25, 0.3) is 0 Å². The number of hydrogen-bond acceptors (Lipinski definition) is 2. The fraction of sp³-hybridized carbons (Fsp3) is 0.800. The molecule has 0 aromatic carbocycles. The van der Waals surface area contributed by atoms with Gasteiger partial charge in [0, 0.05) is 6.61 Å². The van der Waals surface area contributed by atoms with Crippen LogP contribution in [0, 0.1) is 22.2 Å². The van der Waals surface area contributed by atoms with E-state index < -0.39 is 0 Å². The lowest BCUT2D eigenvalue weighted by Gasteiger charge is -2.58. The summed E-state index contributed by atoms with van der Waals surface area (Å²) in [7, 11) is 0. The van der Waals surface area contributed by atoms with Gasteiger partial charge < -0.3 is 10.2 Å². The zero-order valence-corrected chi connectivity index (χ0v) is 14.5. The first-order chi connectivity index (χ1) is 10.3. The van der Waals surface area contributed by atoms with Crippen LogP contribution in [0.4, 0.5) is 0 Å². The second-order valence-corrected chi connectivity index (χ2v) is 8.93. The first kappa shape index (κ1) is 16.3. The summed E-state index contributed by atoms with van der Waals surface area (Å²) < 4.78 is 0. The van der Waals surface area contributed by atoms with Crippen molar-refractivity contribution in [2.75, 3.05) is 6.61 Å². The van der Waals surface area contributed by atoms with Gasteiger partial charge in [0.2, 0.25) is 0 Å². The van der Waals surface area contributed by atoms with E-state index >= 15 is 0 Å². The Morgan fingerprint density at radius 2 is 1.95 bits per heavy atom. The Hall–Kier alpha value is -0.600. The average Bonchev–Trinajstić information content (AvgIpc) is 2.50. The Labute approximate surface area is 135 Å². The van der Waals surface area contributed by atoms with Crippen molar-refractivity contribution in [3.05, 3.63) is 23.8 Å². The molecule has 0 aromatic heterocycles. The number of aliphatic hydroxyl groups is 2. The van der Waals surface area contributed by atoms with Gasteiger partial charge in [-0.05, 0) is 66.3 Å². The third kappa shape index (κ3) is 2.22. The molecular weight excluding hydrogens is 272 g/mol. The van der Waals surface area contributed by atoms with E-state index in [-0.39, 0.29) is 29.0 Å². The van der Waals surface area contributed by atoms with Crippen LogP contribution in [0.25, 0.3) is 0 Å². The molecule has 0 saturated heterocycles. The van der Waals surface area contributed by atoms with Crippen LogP contribution < -0.4 is 0 Å². The number of aliphatic hydroxyl groups excluding tert-OH is 2. The molecule has 0 unspecified atom stereocenters. The van der Waals surface area contributed by atoms with Crippen molar-refractivity contribution in [1.82, 2.24) is 0 Å².